The average Bonchev–Trinajstić information content (AvgIpc) is 2.27. The Labute approximate surface area is 120 Å². The molecule has 0 spiro atoms. The quantitative estimate of drug-likeness (QED) is 0.467. The van der Waals surface area contributed by atoms with E-state index in [1.165, 1.54) is 0 Å². The van der Waals surface area contributed by atoms with Crippen molar-refractivity contribution in [2.45, 2.75) is 5.00 Å². The lowest BCUT2D eigenvalue weighted by molar-refractivity contribution is -0.143. The van der Waals surface area contributed by atoms with Crippen molar-refractivity contribution < 1.29 is 54.5 Å². The molecule has 22 heavy (non-hydrogen) atoms. The summed E-state index contributed by atoms with van der Waals surface area (Å²) in [7, 11) is -11.9. The fourth-order valence-corrected chi connectivity index (χ4v) is 3.47. The Bertz CT molecular complexity index is 821. The predicted octanol–water partition coefficient (Wildman–Crippen LogP) is -0.666. The van der Waals surface area contributed by atoms with E-state index in [0.29, 0.717) is 0 Å². The normalized spacial score (nSPS) is 26.5. The van der Waals surface area contributed by atoms with Gasteiger partial charge in [0, 0.05) is 0 Å². The molecule has 0 heterocycles. The topological polar surface area (TPSA) is 183 Å². The van der Waals surface area contributed by atoms with Crippen molar-refractivity contribution >= 4 is 32.2 Å². The minimum Gasteiger partial charge on any atom is -0.481 e. The maximum Gasteiger partial charge on any atom is 0.338 e. The summed E-state index contributed by atoms with van der Waals surface area (Å²) < 4.78 is 89.9. The highest BCUT2D eigenvalue weighted by molar-refractivity contribution is 7.90. The lowest BCUT2D eigenvalue weighted by atomic mass is 9.93. The molecule has 0 fully saturated rings. The molecule has 0 aromatic rings. The molecule has 10 nitrogen and oxygen atoms in total. The lowest BCUT2D eigenvalue weighted by Crippen LogP contribution is -2.48. The van der Waals surface area contributed by atoms with Crippen LogP contribution < -0.4 is 0 Å². The zero-order valence-electron chi connectivity index (χ0n) is 9.97. The van der Waals surface area contributed by atoms with Gasteiger partial charge >= 0.3 is 22.1 Å². The molecule has 4 N–H and O–H groups in total. The Morgan fingerprint density at radius 3 is 1.86 bits per heavy atom. The van der Waals surface area contributed by atoms with Crippen molar-refractivity contribution in [2.24, 2.45) is 5.92 Å². The van der Waals surface area contributed by atoms with Crippen molar-refractivity contribution in [2.75, 3.05) is 0 Å². The molecule has 124 valence electrons. The van der Waals surface area contributed by atoms with Crippen molar-refractivity contribution in [3.63, 3.8) is 0 Å². The van der Waals surface area contributed by atoms with Gasteiger partial charge in [-0.15, -0.1) is 0 Å². The van der Waals surface area contributed by atoms with Crippen LogP contribution in [0.15, 0.2) is 22.4 Å². The van der Waals surface area contributed by atoms with Crippen molar-refractivity contribution in [3.05, 3.63) is 22.4 Å². The number of carboxylic acids is 2. The zero-order chi connectivity index (χ0) is 17.7. The van der Waals surface area contributed by atoms with E-state index < -0.39 is 65.5 Å². The van der Waals surface area contributed by atoms with Crippen LogP contribution in [0.1, 0.15) is 0 Å². The summed E-state index contributed by atoms with van der Waals surface area (Å²) in [6.07, 6.45) is -0.604. The Hall–Kier alpha value is -1.90. The van der Waals surface area contributed by atoms with E-state index in [1.54, 1.807) is 0 Å². The predicted molar refractivity (Wildman–Crippen MR) is 61.9 cm³/mol. The molecule has 0 bridgehead atoms. The third-order valence-electron chi connectivity index (χ3n) is 2.60. The number of carboxylic acid groups (broad SMARTS) is 2. The minimum absolute atomic E-state index is 0.604. The summed E-state index contributed by atoms with van der Waals surface area (Å²) >= 11 is 0. The first-order valence-electron chi connectivity index (χ1n) is 4.87. The van der Waals surface area contributed by atoms with Crippen LogP contribution in [0.5, 0.6) is 0 Å². The molecule has 0 radical (unpaired) electrons. The van der Waals surface area contributed by atoms with Crippen molar-refractivity contribution in [3.8, 4) is 0 Å². The van der Waals surface area contributed by atoms with Gasteiger partial charge in [0.05, 0.1) is 5.57 Å². The fourth-order valence-electron chi connectivity index (χ4n) is 1.70. The molecular weight excluding hydrogens is 358 g/mol. The van der Waals surface area contributed by atoms with Gasteiger partial charge in [-0.1, -0.05) is 0 Å². The van der Waals surface area contributed by atoms with E-state index >= 15 is 0 Å². The van der Waals surface area contributed by atoms with Crippen LogP contribution in [0.3, 0.4) is 0 Å². The standard InChI is InChI=1S/C8H6F2O10S2/c9-4-2(6(11)12)1-8(10,22(18,19)20)3(7(13)14)5(4)21(15,16)17/h1,3H,(H,11,12)(H,13,14)(H,15,16,17)(H,18,19,20). The second-order valence-electron chi connectivity index (χ2n) is 3.96. The summed E-state index contributed by atoms with van der Waals surface area (Å²) in [6.45, 7) is 0. The Kier molecular flexibility index (Phi) is 4.19. The van der Waals surface area contributed by atoms with E-state index in [-0.39, 0.29) is 0 Å². The zero-order valence-corrected chi connectivity index (χ0v) is 11.6. The Balaban J connectivity index is 4.02. The fraction of sp³-hybridized carbons (Fsp3) is 0.250. The van der Waals surface area contributed by atoms with Crippen LogP contribution in [0.25, 0.3) is 0 Å². The number of alkyl halides is 1. The van der Waals surface area contributed by atoms with Gasteiger partial charge in [0.1, 0.15) is 4.91 Å². The third kappa shape index (κ3) is 2.72. The molecule has 1 rings (SSSR count). The average molecular weight is 364 g/mol. The molecule has 2 unspecified atom stereocenters. The maximum absolute atomic E-state index is 14.4. The van der Waals surface area contributed by atoms with Crippen LogP contribution in [-0.2, 0) is 29.8 Å². The Morgan fingerprint density at radius 1 is 1.14 bits per heavy atom. The van der Waals surface area contributed by atoms with Gasteiger partial charge in [0.15, 0.2) is 11.7 Å². The second kappa shape index (κ2) is 5.08. The molecular formula is C8H6F2O10S2. The van der Waals surface area contributed by atoms with Gasteiger partial charge in [-0.3, -0.25) is 13.9 Å². The molecule has 14 heteroatoms. The van der Waals surface area contributed by atoms with Crippen LogP contribution in [0.4, 0.5) is 8.78 Å². The highest BCUT2D eigenvalue weighted by Crippen LogP contribution is 2.45. The molecule has 0 amide bonds. The molecule has 1 aliphatic rings. The Morgan fingerprint density at radius 2 is 1.59 bits per heavy atom. The van der Waals surface area contributed by atoms with Gasteiger partial charge in [-0.25, -0.2) is 13.6 Å². The summed E-state index contributed by atoms with van der Waals surface area (Å²) in [4.78, 5) is 19.3. The summed E-state index contributed by atoms with van der Waals surface area (Å²) in [5.74, 6) is -10.8. The third-order valence-corrected chi connectivity index (χ3v) is 4.72. The first-order valence-corrected chi connectivity index (χ1v) is 7.75. The highest BCUT2D eigenvalue weighted by Gasteiger charge is 2.61. The molecule has 2 atom stereocenters. The van der Waals surface area contributed by atoms with Gasteiger partial charge in [0.25, 0.3) is 15.1 Å². The van der Waals surface area contributed by atoms with Crippen molar-refractivity contribution in [1.29, 1.82) is 0 Å². The number of carbonyl (C=O) groups is 2. The number of hydrogen-bond donors (Lipinski definition) is 4. The van der Waals surface area contributed by atoms with Crippen LogP contribution in [-0.4, -0.2) is 53.1 Å². The second-order valence-corrected chi connectivity index (χ2v) is 6.93. The monoisotopic (exact) mass is 364 g/mol. The van der Waals surface area contributed by atoms with E-state index in [1.807, 2.05) is 0 Å². The smallest absolute Gasteiger partial charge is 0.338 e. The summed E-state index contributed by atoms with van der Waals surface area (Å²) in [5, 5.41) is 12.8. The molecule has 0 aliphatic heterocycles. The number of hydrogen-bond acceptors (Lipinski definition) is 6. The highest BCUT2D eigenvalue weighted by atomic mass is 32.2. The first kappa shape index (κ1) is 18.1. The minimum atomic E-state index is -6.07. The van der Waals surface area contributed by atoms with Crippen LogP contribution in [0.2, 0.25) is 0 Å². The summed E-state index contributed by atoms with van der Waals surface area (Å²) in [5.41, 5.74) is -1.90. The van der Waals surface area contributed by atoms with Gasteiger partial charge in [-0.05, 0) is 6.08 Å². The van der Waals surface area contributed by atoms with E-state index in [4.69, 9.17) is 19.3 Å². The number of halogens is 2. The van der Waals surface area contributed by atoms with Gasteiger partial charge in [-0.2, -0.15) is 16.8 Å². The van der Waals surface area contributed by atoms with E-state index in [0.717, 1.165) is 0 Å². The SMILES string of the molecule is O=C(O)C1=CC(F)(S(=O)(=O)O)C(C(=O)O)C(S(=O)(=O)O)=C1F. The molecule has 0 saturated carbocycles. The van der Waals surface area contributed by atoms with Crippen molar-refractivity contribution in [1.82, 2.24) is 0 Å². The lowest BCUT2D eigenvalue weighted by Gasteiger charge is -2.30. The molecule has 1 aliphatic carbocycles. The number of aliphatic carboxylic acids is 2. The molecule has 0 aromatic heterocycles. The number of rotatable bonds is 4. The molecule has 0 aromatic carbocycles. The summed E-state index contributed by atoms with van der Waals surface area (Å²) in [6, 6.07) is 0. The first-order chi connectivity index (χ1) is 9.64. The van der Waals surface area contributed by atoms with E-state index in [2.05, 4.69) is 0 Å². The van der Waals surface area contributed by atoms with Gasteiger partial charge in [0.2, 0.25) is 0 Å². The largest absolute Gasteiger partial charge is 0.481 e. The van der Waals surface area contributed by atoms with E-state index in [9.17, 15) is 35.2 Å². The van der Waals surface area contributed by atoms with Crippen LogP contribution >= 0.6 is 0 Å². The molecule has 0 saturated heterocycles. The van der Waals surface area contributed by atoms with Gasteiger partial charge < -0.3 is 10.2 Å². The van der Waals surface area contributed by atoms with Crippen LogP contribution in [0, 0.1) is 5.92 Å². The maximum atomic E-state index is 14.4.